The number of hydrogen-bond donors (Lipinski definition) is 1. The van der Waals surface area contributed by atoms with E-state index in [9.17, 15) is 0 Å². The molecule has 1 aliphatic heterocycles. The lowest BCUT2D eigenvalue weighted by atomic mass is 10.1. The molecule has 4 rings (SSSR count). The second kappa shape index (κ2) is 10.2. The normalized spacial score (nSPS) is 12.8. The van der Waals surface area contributed by atoms with Crippen molar-refractivity contribution in [2.75, 3.05) is 20.2 Å². The Kier molecular flexibility index (Phi) is 7.95. The highest BCUT2D eigenvalue weighted by molar-refractivity contribution is 6.33. The van der Waals surface area contributed by atoms with E-state index in [1.807, 2.05) is 24.3 Å². The van der Waals surface area contributed by atoms with Crippen LogP contribution in [-0.2, 0) is 0 Å². The van der Waals surface area contributed by atoms with Gasteiger partial charge in [-0.05, 0) is 32.9 Å². The third-order valence-electron chi connectivity index (χ3n) is 4.12. The van der Waals surface area contributed by atoms with Crippen LogP contribution in [0.15, 0.2) is 42.9 Å². The van der Waals surface area contributed by atoms with E-state index in [1.54, 1.807) is 19.6 Å². The van der Waals surface area contributed by atoms with E-state index >= 15 is 0 Å². The Balaban J connectivity index is 0.000000295. The molecule has 0 bridgehead atoms. The summed E-state index contributed by atoms with van der Waals surface area (Å²) in [5.41, 5.74) is 4.11. The van der Waals surface area contributed by atoms with Gasteiger partial charge in [0.25, 0.3) is 0 Å². The summed E-state index contributed by atoms with van der Waals surface area (Å²) >= 11 is 6.39. The van der Waals surface area contributed by atoms with E-state index in [1.165, 1.54) is 31.5 Å². The predicted molar refractivity (Wildman–Crippen MR) is 110 cm³/mol. The minimum Gasteiger partial charge on any atom is -0.494 e. The molecule has 1 N–H and O–H groups in total. The number of imidazole rings is 1. The molecule has 0 saturated carbocycles. The molecule has 5 heteroatoms. The Bertz CT molecular complexity index is 800. The summed E-state index contributed by atoms with van der Waals surface area (Å²) in [4.78, 5) is 4.18. The number of benzene rings is 1. The van der Waals surface area contributed by atoms with Gasteiger partial charge in [-0.3, -0.25) is 4.40 Å². The van der Waals surface area contributed by atoms with Gasteiger partial charge in [-0.25, -0.2) is 4.98 Å². The predicted octanol–water partition coefficient (Wildman–Crippen LogP) is 5.37. The van der Waals surface area contributed by atoms with Crippen LogP contribution in [-0.4, -0.2) is 29.6 Å². The van der Waals surface area contributed by atoms with Crippen LogP contribution in [0.4, 0.5) is 0 Å². The fourth-order valence-electron chi connectivity index (χ4n) is 2.80. The lowest BCUT2D eigenvalue weighted by Gasteiger charge is -2.11. The summed E-state index contributed by atoms with van der Waals surface area (Å²) in [6, 6.07) is 10.1. The number of halogens is 1. The van der Waals surface area contributed by atoms with Crippen molar-refractivity contribution in [2.24, 2.45) is 0 Å². The number of aryl methyl sites for hydroxylation is 1. The van der Waals surface area contributed by atoms with Gasteiger partial charge in [0.2, 0.25) is 0 Å². The zero-order valence-corrected chi connectivity index (χ0v) is 16.8. The maximum atomic E-state index is 6.39. The zero-order chi connectivity index (χ0) is 18.9. The number of aromatic nitrogens is 2. The van der Waals surface area contributed by atoms with Crippen LogP contribution in [0.1, 0.15) is 32.3 Å². The van der Waals surface area contributed by atoms with Gasteiger partial charge < -0.3 is 10.1 Å². The molecule has 1 fully saturated rings. The second-order valence-electron chi connectivity index (χ2n) is 5.88. The lowest BCUT2D eigenvalue weighted by molar-refractivity contribution is 0.418. The van der Waals surface area contributed by atoms with Crippen molar-refractivity contribution in [3.8, 4) is 17.0 Å². The van der Waals surface area contributed by atoms with Crippen LogP contribution in [0.5, 0.6) is 5.75 Å². The third-order valence-corrected chi connectivity index (χ3v) is 4.41. The van der Waals surface area contributed by atoms with Crippen molar-refractivity contribution in [3.05, 3.63) is 53.4 Å². The number of hydrogen-bond acceptors (Lipinski definition) is 3. The number of pyridine rings is 1. The van der Waals surface area contributed by atoms with Crippen molar-refractivity contribution in [3.63, 3.8) is 0 Å². The quantitative estimate of drug-likeness (QED) is 0.656. The number of nitrogens with one attached hydrogen (secondary N) is 1. The molecule has 3 heterocycles. The van der Waals surface area contributed by atoms with Crippen molar-refractivity contribution in [2.45, 2.75) is 33.6 Å². The van der Waals surface area contributed by atoms with E-state index in [2.05, 4.69) is 41.5 Å². The maximum Gasteiger partial charge on any atom is 0.146 e. The Morgan fingerprint density at radius 2 is 1.77 bits per heavy atom. The Morgan fingerprint density at radius 1 is 1.12 bits per heavy atom. The summed E-state index contributed by atoms with van der Waals surface area (Å²) in [6.07, 6.45) is 6.30. The van der Waals surface area contributed by atoms with Crippen LogP contribution >= 0.6 is 11.6 Å². The highest BCUT2D eigenvalue weighted by Crippen LogP contribution is 2.34. The molecule has 4 nitrogen and oxygen atoms in total. The summed E-state index contributed by atoms with van der Waals surface area (Å²) < 4.78 is 7.28. The lowest BCUT2D eigenvalue weighted by Crippen LogP contribution is -2.03. The van der Waals surface area contributed by atoms with Crippen LogP contribution in [0.25, 0.3) is 16.8 Å². The van der Waals surface area contributed by atoms with Gasteiger partial charge >= 0.3 is 0 Å². The molecule has 0 amide bonds. The Morgan fingerprint density at radius 3 is 2.31 bits per heavy atom. The van der Waals surface area contributed by atoms with E-state index in [-0.39, 0.29) is 0 Å². The zero-order valence-electron chi connectivity index (χ0n) is 16.1. The van der Waals surface area contributed by atoms with Gasteiger partial charge in [0.1, 0.15) is 11.3 Å². The van der Waals surface area contributed by atoms with Crippen LogP contribution in [0, 0.1) is 6.92 Å². The standard InChI is InChI=1S/C15H13ClN2O.C4H9N.C2H6/c1-10-3-5-11(6-4-10)15-12(16)7-14(19-2)13-8-17-9-18(13)15;1-2-4-5-3-1;1-2/h3-9H,1-2H3;5H,1-4H2;1-2H3. The third kappa shape index (κ3) is 4.77. The molecule has 1 saturated heterocycles. The molecule has 0 radical (unpaired) electrons. The first kappa shape index (κ1) is 20.3. The van der Waals surface area contributed by atoms with Gasteiger partial charge in [0, 0.05) is 11.6 Å². The van der Waals surface area contributed by atoms with Gasteiger partial charge in [0.15, 0.2) is 0 Å². The van der Waals surface area contributed by atoms with Gasteiger partial charge in [-0.15, -0.1) is 0 Å². The Hall–Kier alpha value is -2.04. The molecule has 1 aliphatic rings. The number of nitrogens with zero attached hydrogens (tertiary/aromatic N) is 2. The first-order valence-corrected chi connectivity index (χ1v) is 9.55. The Labute approximate surface area is 161 Å². The van der Waals surface area contributed by atoms with Gasteiger partial charge in [0.05, 0.1) is 30.4 Å². The summed E-state index contributed by atoms with van der Waals surface area (Å²) in [5, 5.41) is 3.87. The first-order valence-electron chi connectivity index (χ1n) is 9.17. The molecular formula is C21H28ClN3O. The van der Waals surface area contributed by atoms with Gasteiger partial charge in [-0.1, -0.05) is 55.3 Å². The van der Waals surface area contributed by atoms with Crippen molar-refractivity contribution in [1.29, 1.82) is 0 Å². The average Bonchev–Trinajstić information content (AvgIpc) is 3.39. The summed E-state index contributed by atoms with van der Waals surface area (Å²) in [5.74, 6) is 0.721. The van der Waals surface area contributed by atoms with Crippen LogP contribution < -0.4 is 10.1 Å². The molecule has 1 aromatic carbocycles. The molecular weight excluding hydrogens is 346 g/mol. The molecule has 140 valence electrons. The van der Waals surface area contributed by atoms with E-state index in [4.69, 9.17) is 16.3 Å². The number of rotatable bonds is 2. The SMILES string of the molecule is C1CCNC1.CC.COc1cc(Cl)c(-c2ccc(C)cc2)n2cncc12. The van der Waals surface area contributed by atoms with E-state index < -0.39 is 0 Å². The summed E-state index contributed by atoms with van der Waals surface area (Å²) in [6.45, 7) is 8.56. The molecule has 0 atom stereocenters. The minimum atomic E-state index is 0.645. The highest BCUT2D eigenvalue weighted by Gasteiger charge is 2.13. The fourth-order valence-corrected chi connectivity index (χ4v) is 3.10. The van der Waals surface area contributed by atoms with Gasteiger partial charge in [-0.2, -0.15) is 0 Å². The molecule has 3 aromatic rings. The van der Waals surface area contributed by atoms with E-state index in [0.717, 1.165) is 22.5 Å². The minimum absolute atomic E-state index is 0.645. The van der Waals surface area contributed by atoms with Crippen molar-refractivity contribution in [1.82, 2.24) is 14.7 Å². The number of ether oxygens (including phenoxy) is 1. The number of fused-ring (bicyclic) bond motifs is 1. The fraction of sp³-hybridized carbons (Fsp3) is 0.381. The topological polar surface area (TPSA) is 38.6 Å². The molecule has 0 spiro atoms. The average molecular weight is 374 g/mol. The monoisotopic (exact) mass is 373 g/mol. The number of methoxy groups -OCH3 is 1. The van der Waals surface area contributed by atoms with Crippen LogP contribution in [0.3, 0.4) is 0 Å². The molecule has 0 aliphatic carbocycles. The second-order valence-corrected chi connectivity index (χ2v) is 6.29. The highest BCUT2D eigenvalue weighted by atomic mass is 35.5. The largest absolute Gasteiger partial charge is 0.494 e. The molecule has 2 aromatic heterocycles. The van der Waals surface area contributed by atoms with Crippen LogP contribution in [0.2, 0.25) is 5.02 Å². The van der Waals surface area contributed by atoms with Crippen molar-refractivity contribution >= 4 is 17.1 Å². The first-order chi connectivity index (χ1) is 12.7. The molecule has 0 unspecified atom stereocenters. The van der Waals surface area contributed by atoms with Crippen molar-refractivity contribution < 1.29 is 4.74 Å². The summed E-state index contributed by atoms with van der Waals surface area (Å²) in [7, 11) is 1.63. The van der Waals surface area contributed by atoms with E-state index in [0.29, 0.717) is 5.02 Å². The smallest absolute Gasteiger partial charge is 0.146 e. The maximum absolute atomic E-state index is 6.39. The molecule has 26 heavy (non-hydrogen) atoms.